The molecule has 2 aliphatic carbocycles. The number of rotatable bonds is 2. The van der Waals surface area contributed by atoms with Gasteiger partial charge in [-0.05, 0) is 48.3 Å². The van der Waals surface area contributed by atoms with Crippen LogP contribution in [0.3, 0.4) is 0 Å². The monoisotopic (exact) mass is 259 g/mol. The van der Waals surface area contributed by atoms with Crippen LogP contribution in [0.5, 0.6) is 0 Å². The Hall–Kier alpha value is -1.35. The zero-order valence-electron chi connectivity index (χ0n) is 11.2. The van der Waals surface area contributed by atoms with E-state index in [0.717, 1.165) is 17.5 Å². The number of hydrogen-bond acceptors (Lipinski definition) is 2. The van der Waals surface area contributed by atoms with E-state index in [1.54, 1.807) is 0 Å². The van der Waals surface area contributed by atoms with E-state index in [0.29, 0.717) is 12.3 Å². The summed E-state index contributed by atoms with van der Waals surface area (Å²) in [4.78, 5) is 11.4. The minimum Gasteiger partial charge on any atom is -0.480 e. The largest absolute Gasteiger partial charge is 0.480 e. The first-order chi connectivity index (χ1) is 9.11. The normalized spacial score (nSPS) is 27.2. The van der Waals surface area contributed by atoms with Crippen LogP contribution in [-0.4, -0.2) is 11.1 Å². The lowest BCUT2D eigenvalue weighted by molar-refractivity contribution is -0.143. The van der Waals surface area contributed by atoms with Crippen molar-refractivity contribution in [3.8, 4) is 0 Å². The Balaban J connectivity index is 1.96. The summed E-state index contributed by atoms with van der Waals surface area (Å²) < 4.78 is 0. The van der Waals surface area contributed by atoms with Gasteiger partial charge in [-0.3, -0.25) is 0 Å². The summed E-state index contributed by atoms with van der Waals surface area (Å²) >= 11 is 0. The second-order valence-electron chi connectivity index (χ2n) is 6.03. The van der Waals surface area contributed by atoms with Crippen LogP contribution in [0.4, 0.5) is 0 Å². The minimum atomic E-state index is -1.17. The van der Waals surface area contributed by atoms with Crippen molar-refractivity contribution in [3.05, 3.63) is 34.9 Å². The van der Waals surface area contributed by atoms with Crippen molar-refractivity contribution in [1.82, 2.24) is 0 Å². The third-order valence-electron chi connectivity index (χ3n) is 4.86. The molecule has 102 valence electrons. The zero-order valence-corrected chi connectivity index (χ0v) is 11.2. The van der Waals surface area contributed by atoms with Crippen molar-refractivity contribution in [3.63, 3.8) is 0 Å². The number of hydrogen-bond donors (Lipinski definition) is 2. The molecule has 1 unspecified atom stereocenters. The van der Waals surface area contributed by atoms with E-state index in [1.807, 2.05) is 0 Å². The highest BCUT2D eigenvalue weighted by molar-refractivity contribution is 5.82. The highest BCUT2D eigenvalue weighted by Crippen LogP contribution is 2.39. The molecule has 0 radical (unpaired) electrons. The molecule has 3 N–H and O–H groups in total. The number of aliphatic carboxylic acids is 1. The minimum absolute atomic E-state index is 0.520. The average molecular weight is 259 g/mol. The molecule has 0 aromatic heterocycles. The fourth-order valence-corrected chi connectivity index (χ4v) is 3.61. The van der Waals surface area contributed by atoms with Gasteiger partial charge in [0.2, 0.25) is 0 Å². The smallest absolute Gasteiger partial charge is 0.328 e. The molecule has 19 heavy (non-hydrogen) atoms. The van der Waals surface area contributed by atoms with Gasteiger partial charge < -0.3 is 10.8 Å². The third kappa shape index (κ3) is 2.06. The second kappa shape index (κ2) is 4.64. The average Bonchev–Trinajstić information content (AvgIpc) is 2.78. The van der Waals surface area contributed by atoms with Crippen LogP contribution in [0.25, 0.3) is 0 Å². The Labute approximate surface area is 113 Å². The van der Waals surface area contributed by atoms with E-state index in [2.05, 4.69) is 18.2 Å². The van der Waals surface area contributed by atoms with Gasteiger partial charge in [0.1, 0.15) is 5.54 Å². The number of nitrogens with two attached hydrogens (primary N) is 1. The summed E-state index contributed by atoms with van der Waals surface area (Å²) in [5, 5.41) is 9.40. The summed E-state index contributed by atoms with van der Waals surface area (Å²) in [7, 11) is 0. The highest BCUT2D eigenvalue weighted by atomic mass is 16.4. The van der Waals surface area contributed by atoms with Gasteiger partial charge in [-0.15, -0.1) is 0 Å². The summed E-state index contributed by atoms with van der Waals surface area (Å²) in [6.07, 6.45) is 7.65. The molecule has 3 rings (SSSR count). The van der Waals surface area contributed by atoms with Crippen molar-refractivity contribution in [2.45, 2.75) is 56.4 Å². The van der Waals surface area contributed by atoms with E-state index in [1.165, 1.54) is 37.7 Å². The third-order valence-corrected chi connectivity index (χ3v) is 4.86. The summed E-state index contributed by atoms with van der Waals surface area (Å²) in [6.45, 7) is 0. The Kier molecular flexibility index (Phi) is 3.09. The number of fused-ring (bicyclic) bond motifs is 1. The highest BCUT2D eigenvalue weighted by Gasteiger charge is 2.42. The lowest BCUT2D eigenvalue weighted by Crippen LogP contribution is -2.42. The van der Waals surface area contributed by atoms with Gasteiger partial charge in [0.15, 0.2) is 0 Å². The van der Waals surface area contributed by atoms with Crippen LogP contribution >= 0.6 is 0 Å². The second-order valence-corrected chi connectivity index (χ2v) is 6.03. The van der Waals surface area contributed by atoms with Gasteiger partial charge >= 0.3 is 5.97 Å². The molecule has 1 atom stereocenters. The van der Waals surface area contributed by atoms with E-state index in [9.17, 15) is 9.90 Å². The van der Waals surface area contributed by atoms with Gasteiger partial charge in [0, 0.05) is 0 Å². The molecule has 0 heterocycles. The molecule has 1 saturated carbocycles. The van der Waals surface area contributed by atoms with Crippen molar-refractivity contribution < 1.29 is 9.90 Å². The lowest BCUT2D eigenvalue weighted by atomic mass is 9.82. The molecule has 1 aromatic rings. The predicted octanol–water partition coefficient (Wildman–Crippen LogP) is 2.92. The molecule has 2 aliphatic rings. The molecule has 0 amide bonds. The van der Waals surface area contributed by atoms with Crippen molar-refractivity contribution >= 4 is 5.97 Å². The van der Waals surface area contributed by atoms with Gasteiger partial charge in [0.05, 0.1) is 0 Å². The van der Waals surface area contributed by atoms with Crippen molar-refractivity contribution in [2.24, 2.45) is 5.73 Å². The molecule has 0 bridgehead atoms. The number of carboxylic acids is 1. The molecule has 1 aromatic carbocycles. The van der Waals surface area contributed by atoms with E-state index < -0.39 is 11.5 Å². The first-order valence-electron chi connectivity index (χ1n) is 7.27. The zero-order chi connectivity index (χ0) is 13.5. The molecule has 1 fully saturated rings. The van der Waals surface area contributed by atoms with E-state index in [-0.39, 0.29) is 0 Å². The van der Waals surface area contributed by atoms with Gasteiger partial charge in [-0.1, -0.05) is 37.5 Å². The topological polar surface area (TPSA) is 63.3 Å². The molecule has 0 spiro atoms. The van der Waals surface area contributed by atoms with Crippen molar-refractivity contribution in [1.29, 1.82) is 0 Å². The summed E-state index contributed by atoms with van der Waals surface area (Å²) in [5.41, 5.74) is 8.20. The Bertz CT molecular complexity index is 505. The van der Waals surface area contributed by atoms with E-state index >= 15 is 0 Å². The van der Waals surface area contributed by atoms with Gasteiger partial charge in [-0.25, -0.2) is 4.79 Å². The summed E-state index contributed by atoms with van der Waals surface area (Å²) in [6, 6.07) is 6.35. The summed E-state index contributed by atoms with van der Waals surface area (Å²) in [5.74, 6) is -0.301. The molecule has 3 heteroatoms. The molecule has 3 nitrogen and oxygen atoms in total. The quantitative estimate of drug-likeness (QED) is 0.858. The standard InChI is InChI=1S/C16H21NO2/c17-16(15(18)19)9-8-12-6-7-13(10-14(12)16)11-4-2-1-3-5-11/h6-7,10-11H,1-5,8-9,17H2,(H,18,19). The Morgan fingerprint density at radius 2 is 2.00 bits per heavy atom. The van der Waals surface area contributed by atoms with Crippen LogP contribution in [-0.2, 0) is 16.8 Å². The van der Waals surface area contributed by atoms with E-state index in [4.69, 9.17) is 5.73 Å². The number of benzene rings is 1. The van der Waals surface area contributed by atoms with Crippen LogP contribution < -0.4 is 5.73 Å². The maximum absolute atomic E-state index is 11.4. The molecular weight excluding hydrogens is 238 g/mol. The van der Waals surface area contributed by atoms with Crippen LogP contribution in [0, 0.1) is 0 Å². The van der Waals surface area contributed by atoms with Gasteiger partial charge in [-0.2, -0.15) is 0 Å². The fraction of sp³-hybridized carbons (Fsp3) is 0.562. The lowest BCUT2D eigenvalue weighted by Gasteiger charge is -2.25. The van der Waals surface area contributed by atoms with Crippen LogP contribution in [0.15, 0.2) is 18.2 Å². The number of carbonyl (C=O) groups is 1. The molecule has 0 aliphatic heterocycles. The first kappa shape index (κ1) is 12.7. The predicted molar refractivity (Wildman–Crippen MR) is 74.1 cm³/mol. The SMILES string of the molecule is NC1(C(=O)O)CCc2ccc(C3CCCCC3)cc21. The number of carboxylic acid groups (broad SMARTS) is 1. The van der Waals surface area contributed by atoms with Crippen LogP contribution in [0.2, 0.25) is 0 Å². The van der Waals surface area contributed by atoms with Gasteiger partial charge in [0.25, 0.3) is 0 Å². The number of aryl methyl sites for hydroxylation is 1. The first-order valence-corrected chi connectivity index (χ1v) is 7.27. The Morgan fingerprint density at radius 1 is 1.26 bits per heavy atom. The molecule has 0 saturated heterocycles. The molecular formula is C16H21NO2. The Morgan fingerprint density at radius 3 is 2.68 bits per heavy atom. The maximum Gasteiger partial charge on any atom is 0.328 e. The van der Waals surface area contributed by atoms with Crippen molar-refractivity contribution in [2.75, 3.05) is 0 Å². The fourth-order valence-electron chi connectivity index (χ4n) is 3.61. The van der Waals surface area contributed by atoms with Crippen LogP contribution in [0.1, 0.15) is 61.1 Å². The maximum atomic E-state index is 11.4.